The predicted octanol–water partition coefficient (Wildman–Crippen LogP) is 0.252. The van der Waals surface area contributed by atoms with Gasteiger partial charge < -0.3 is 9.64 Å². The van der Waals surface area contributed by atoms with Crippen LogP contribution in [0.15, 0.2) is 16.9 Å². The number of alkyl halides is 1. The first-order chi connectivity index (χ1) is 8.04. The number of ether oxygens (including phenoxy) is 1. The van der Waals surface area contributed by atoms with Crippen LogP contribution in [0.3, 0.4) is 0 Å². The number of hydrogen-bond donors (Lipinski definition) is 1. The molecule has 1 unspecified atom stereocenters. The van der Waals surface area contributed by atoms with Crippen molar-refractivity contribution >= 4 is 21.8 Å². The fourth-order valence-electron chi connectivity index (χ4n) is 1.27. The van der Waals surface area contributed by atoms with E-state index in [2.05, 4.69) is 26.1 Å². The highest BCUT2D eigenvalue weighted by molar-refractivity contribution is 9.09. The minimum atomic E-state index is -0.332. The van der Waals surface area contributed by atoms with Gasteiger partial charge in [0.2, 0.25) is 0 Å². The van der Waals surface area contributed by atoms with E-state index < -0.39 is 0 Å². The zero-order valence-electron chi connectivity index (χ0n) is 9.64. The average molecular weight is 304 g/mol. The van der Waals surface area contributed by atoms with Gasteiger partial charge in [-0.15, -0.1) is 0 Å². The van der Waals surface area contributed by atoms with Gasteiger partial charge in [0.05, 0.1) is 11.4 Å². The number of methoxy groups -OCH3 is 1. The molecule has 0 aliphatic heterocycles. The van der Waals surface area contributed by atoms with E-state index in [1.54, 1.807) is 14.2 Å². The van der Waals surface area contributed by atoms with Gasteiger partial charge in [-0.2, -0.15) is 5.10 Å². The minimum absolute atomic E-state index is 0.0595. The molecule has 0 fully saturated rings. The molecule has 0 radical (unpaired) electrons. The predicted molar refractivity (Wildman–Crippen MR) is 66.4 cm³/mol. The number of nitrogens with zero attached hydrogens (tertiary/aromatic N) is 2. The highest BCUT2D eigenvalue weighted by Gasteiger charge is 2.16. The molecule has 6 nitrogen and oxygen atoms in total. The van der Waals surface area contributed by atoms with Crippen LogP contribution < -0.4 is 5.56 Å². The highest BCUT2D eigenvalue weighted by atomic mass is 79.9. The summed E-state index contributed by atoms with van der Waals surface area (Å²) in [5, 5.41) is 5.90. The number of aromatic nitrogens is 2. The maximum Gasteiger partial charge on any atom is 0.274 e. The van der Waals surface area contributed by atoms with E-state index in [0.717, 1.165) is 0 Å². The average Bonchev–Trinajstić information content (AvgIpc) is 2.29. The van der Waals surface area contributed by atoms with E-state index in [1.165, 1.54) is 17.0 Å². The first-order valence-electron chi connectivity index (χ1n) is 4.98. The number of hydrogen-bond acceptors (Lipinski definition) is 4. The Bertz CT molecular complexity index is 415. The van der Waals surface area contributed by atoms with E-state index in [0.29, 0.717) is 13.2 Å². The van der Waals surface area contributed by atoms with Gasteiger partial charge in [-0.3, -0.25) is 9.59 Å². The monoisotopic (exact) mass is 303 g/mol. The molecular formula is C10H14BrN3O3. The molecule has 0 spiro atoms. The second kappa shape index (κ2) is 6.51. The lowest BCUT2D eigenvalue weighted by Crippen LogP contribution is -2.34. The number of aromatic amines is 1. The quantitative estimate of drug-likeness (QED) is 0.791. The Kier molecular flexibility index (Phi) is 5.30. The Hall–Kier alpha value is -1.21. The summed E-state index contributed by atoms with van der Waals surface area (Å²) in [6.07, 6.45) is 0. The largest absolute Gasteiger partial charge is 0.383 e. The summed E-state index contributed by atoms with van der Waals surface area (Å²) < 4.78 is 4.96. The van der Waals surface area contributed by atoms with Crippen LogP contribution in [0.25, 0.3) is 0 Å². The summed E-state index contributed by atoms with van der Waals surface area (Å²) in [7, 11) is 3.26. The Balaban J connectivity index is 2.63. The topological polar surface area (TPSA) is 75.3 Å². The van der Waals surface area contributed by atoms with Crippen molar-refractivity contribution in [2.24, 2.45) is 0 Å². The molecule has 0 saturated carbocycles. The SMILES string of the molecule is COCC(Br)CN(C)C(=O)c1ccc(=O)[nH]n1. The van der Waals surface area contributed by atoms with Crippen LogP contribution in [0.2, 0.25) is 0 Å². The summed E-state index contributed by atoms with van der Waals surface area (Å²) in [5.74, 6) is -0.248. The summed E-state index contributed by atoms with van der Waals surface area (Å²) >= 11 is 3.39. The molecule has 1 rings (SSSR count). The van der Waals surface area contributed by atoms with Crippen LogP contribution in [0.5, 0.6) is 0 Å². The molecule has 0 aromatic carbocycles. The number of carbonyl (C=O) groups is 1. The van der Waals surface area contributed by atoms with Crippen molar-refractivity contribution in [1.82, 2.24) is 15.1 Å². The van der Waals surface area contributed by atoms with Crippen molar-refractivity contribution in [3.8, 4) is 0 Å². The number of nitrogens with one attached hydrogen (secondary N) is 1. The molecule has 1 aromatic heterocycles. The van der Waals surface area contributed by atoms with E-state index in [4.69, 9.17) is 4.74 Å². The summed E-state index contributed by atoms with van der Waals surface area (Å²) in [6, 6.07) is 2.67. The Labute approximate surface area is 107 Å². The lowest BCUT2D eigenvalue weighted by atomic mass is 10.3. The second-order valence-electron chi connectivity index (χ2n) is 3.54. The van der Waals surface area contributed by atoms with Crippen LogP contribution in [0.1, 0.15) is 10.5 Å². The second-order valence-corrected chi connectivity index (χ2v) is 4.84. The van der Waals surface area contributed by atoms with Crippen molar-refractivity contribution in [3.05, 3.63) is 28.2 Å². The Morgan fingerprint density at radius 2 is 2.35 bits per heavy atom. The third-order valence-corrected chi connectivity index (χ3v) is 2.62. The van der Waals surface area contributed by atoms with Crippen molar-refractivity contribution in [1.29, 1.82) is 0 Å². The van der Waals surface area contributed by atoms with Crippen molar-refractivity contribution < 1.29 is 9.53 Å². The number of amides is 1. The maximum atomic E-state index is 11.9. The summed E-state index contributed by atoms with van der Waals surface area (Å²) in [6.45, 7) is 1.00. The standard InChI is InChI=1S/C10H14BrN3O3/c1-14(5-7(11)6-17-2)10(16)8-3-4-9(15)13-12-8/h3-4,7H,5-6H2,1-2H3,(H,13,15). The van der Waals surface area contributed by atoms with E-state index in [9.17, 15) is 9.59 Å². The number of halogens is 1. The van der Waals surface area contributed by atoms with Gasteiger partial charge in [-0.05, 0) is 6.07 Å². The van der Waals surface area contributed by atoms with Crippen molar-refractivity contribution in [3.63, 3.8) is 0 Å². The van der Waals surface area contributed by atoms with Crippen LogP contribution in [-0.2, 0) is 4.74 Å². The molecular weight excluding hydrogens is 290 g/mol. The normalized spacial score (nSPS) is 12.2. The molecule has 0 aliphatic carbocycles. The lowest BCUT2D eigenvalue weighted by Gasteiger charge is -2.19. The van der Waals surface area contributed by atoms with E-state index >= 15 is 0 Å². The molecule has 1 atom stereocenters. The van der Waals surface area contributed by atoms with E-state index in [-0.39, 0.29) is 22.0 Å². The number of rotatable bonds is 5. The summed E-state index contributed by atoms with van der Waals surface area (Å²) in [4.78, 5) is 24.3. The van der Waals surface area contributed by atoms with Gasteiger partial charge in [0, 0.05) is 26.8 Å². The molecule has 1 N–H and O–H groups in total. The van der Waals surface area contributed by atoms with Crippen LogP contribution >= 0.6 is 15.9 Å². The first kappa shape index (κ1) is 13.9. The molecule has 7 heteroatoms. The van der Waals surface area contributed by atoms with Gasteiger partial charge in [-0.1, -0.05) is 15.9 Å². The zero-order valence-corrected chi connectivity index (χ0v) is 11.2. The fraction of sp³-hybridized carbons (Fsp3) is 0.500. The molecule has 94 valence electrons. The smallest absolute Gasteiger partial charge is 0.274 e. The molecule has 1 aromatic rings. The molecule has 0 saturated heterocycles. The molecule has 0 aliphatic rings. The first-order valence-corrected chi connectivity index (χ1v) is 5.90. The molecule has 1 heterocycles. The van der Waals surface area contributed by atoms with Gasteiger partial charge in [0.25, 0.3) is 11.5 Å². The van der Waals surface area contributed by atoms with Gasteiger partial charge in [-0.25, -0.2) is 5.10 Å². The van der Waals surface area contributed by atoms with Crippen LogP contribution in [0.4, 0.5) is 0 Å². The molecule has 17 heavy (non-hydrogen) atoms. The fourth-order valence-corrected chi connectivity index (χ4v) is 1.97. The molecule has 1 amide bonds. The highest BCUT2D eigenvalue weighted by Crippen LogP contribution is 2.04. The third-order valence-electron chi connectivity index (χ3n) is 2.06. The van der Waals surface area contributed by atoms with Crippen LogP contribution in [-0.4, -0.2) is 53.1 Å². The molecule has 0 bridgehead atoms. The lowest BCUT2D eigenvalue weighted by molar-refractivity contribution is 0.0777. The minimum Gasteiger partial charge on any atom is -0.383 e. The van der Waals surface area contributed by atoms with Crippen molar-refractivity contribution in [2.45, 2.75) is 4.83 Å². The van der Waals surface area contributed by atoms with Gasteiger partial charge >= 0.3 is 0 Å². The van der Waals surface area contributed by atoms with E-state index in [1.807, 2.05) is 0 Å². The number of H-pyrrole nitrogens is 1. The van der Waals surface area contributed by atoms with Gasteiger partial charge in [0.1, 0.15) is 5.69 Å². The van der Waals surface area contributed by atoms with Crippen LogP contribution in [0, 0.1) is 0 Å². The van der Waals surface area contributed by atoms with Gasteiger partial charge in [0.15, 0.2) is 0 Å². The number of carbonyl (C=O) groups excluding carboxylic acids is 1. The van der Waals surface area contributed by atoms with Crippen molar-refractivity contribution in [2.75, 3.05) is 27.3 Å². The maximum absolute atomic E-state index is 11.9. The summed E-state index contributed by atoms with van der Waals surface area (Å²) in [5.41, 5.74) is -0.119. The Morgan fingerprint density at radius 1 is 1.65 bits per heavy atom. The Morgan fingerprint density at radius 3 is 2.88 bits per heavy atom. The third kappa shape index (κ3) is 4.27. The zero-order chi connectivity index (χ0) is 12.8.